The Morgan fingerprint density at radius 2 is 1.67 bits per heavy atom. The van der Waals surface area contributed by atoms with E-state index in [4.69, 9.17) is 0 Å². The molecule has 1 amide bonds. The smallest absolute Gasteiger partial charge is 0.433 e. The molecule has 2 heterocycles. The standard InChI is InChI=1S/C16H9F6N3O2/c17-15(18,19)11-5-8(12-7-27-14(26)25-24-12)1-3-10(11)9-2-4-13(23-6-9)16(20,21)22/h1-6H,7H2,(H,25,26). The van der Waals surface area contributed by atoms with Crippen LogP contribution in [0.25, 0.3) is 11.1 Å². The number of nitrogens with one attached hydrogen (secondary N) is 1. The number of cyclic esters (lactones) is 1. The van der Waals surface area contributed by atoms with Gasteiger partial charge in [0.25, 0.3) is 0 Å². The molecule has 5 nitrogen and oxygen atoms in total. The van der Waals surface area contributed by atoms with Crippen LogP contribution < -0.4 is 5.43 Å². The second kappa shape index (κ2) is 6.56. The van der Waals surface area contributed by atoms with Crippen molar-refractivity contribution in [2.75, 3.05) is 6.61 Å². The molecule has 0 aliphatic carbocycles. The van der Waals surface area contributed by atoms with Crippen LogP contribution in [0.15, 0.2) is 41.6 Å². The van der Waals surface area contributed by atoms with Gasteiger partial charge in [-0.2, -0.15) is 31.4 Å². The van der Waals surface area contributed by atoms with Crippen LogP contribution in [0, 0.1) is 0 Å². The Hall–Kier alpha value is -3.11. The van der Waals surface area contributed by atoms with E-state index in [1.807, 2.05) is 5.43 Å². The van der Waals surface area contributed by atoms with Crippen LogP contribution in [0.1, 0.15) is 16.8 Å². The first-order valence-electron chi connectivity index (χ1n) is 7.30. The number of alkyl halides is 6. The number of halogens is 6. The lowest BCUT2D eigenvalue weighted by Gasteiger charge is -2.17. The molecular formula is C16H9F6N3O2. The summed E-state index contributed by atoms with van der Waals surface area (Å²) in [5, 5.41) is 3.63. The number of carbonyl (C=O) groups excluding carboxylic acids is 1. The normalized spacial score (nSPS) is 15.0. The molecule has 0 atom stereocenters. The third-order valence-corrected chi connectivity index (χ3v) is 3.65. The summed E-state index contributed by atoms with van der Waals surface area (Å²) in [5.74, 6) is 0. The van der Waals surface area contributed by atoms with Crippen LogP contribution in [0.3, 0.4) is 0 Å². The SMILES string of the molecule is O=C1NN=C(c2ccc(-c3ccc(C(F)(F)F)nc3)c(C(F)(F)F)c2)CO1. The topological polar surface area (TPSA) is 63.6 Å². The van der Waals surface area contributed by atoms with Gasteiger partial charge in [0.05, 0.1) is 5.56 Å². The van der Waals surface area contributed by atoms with E-state index < -0.39 is 29.7 Å². The van der Waals surface area contributed by atoms with Crippen molar-refractivity contribution in [1.29, 1.82) is 0 Å². The fourth-order valence-electron chi connectivity index (χ4n) is 2.39. The first kappa shape index (κ1) is 18.7. The molecule has 1 aromatic heterocycles. The van der Waals surface area contributed by atoms with Gasteiger partial charge in [0.15, 0.2) is 0 Å². The summed E-state index contributed by atoms with van der Waals surface area (Å²) in [4.78, 5) is 14.1. The molecule has 27 heavy (non-hydrogen) atoms. The Morgan fingerprint density at radius 3 is 2.19 bits per heavy atom. The predicted octanol–water partition coefficient (Wildman–Crippen LogP) is 4.23. The third-order valence-electron chi connectivity index (χ3n) is 3.65. The van der Waals surface area contributed by atoms with Gasteiger partial charge in [-0.25, -0.2) is 10.2 Å². The molecule has 142 valence electrons. The Bertz CT molecular complexity index is 904. The monoisotopic (exact) mass is 389 g/mol. The molecule has 0 fully saturated rings. The fraction of sp³-hybridized carbons (Fsp3) is 0.188. The van der Waals surface area contributed by atoms with Crippen molar-refractivity contribution in [1.82, 2.24) is 10.4 Å². The lowest BCUT2D eigenvalue weighted by molar-refractivity contribution is -0.141. The van der Waals surface area contributed by atoms with Gasteiger partial charge in [0.2, 0.25) is 0 Å². The minimum Gasteiger partial charge on any atom is -0.442 e. The summed E-state index contributed by atoms with van der Waals surface area (Å²) in [6.07, 6.45) is -9.58. The molecule has 11 heteroatoms. The highest BCUT2D eigenvalue weighted by atomic mass is 19.4. The summed E-state index contributed by atoms with van der Waals surface area (Å²) in [5.41, 5.74) is -0.658. The molecule has 0 unspecified atom stereocenters. The van der Waals surface area contributed by atoms with Crippen molar-refractivity contribution in [3.05, 3.63) is 53.3 Å². The van der Waals surface area contributed by atoms with E-state index in [0.29, 0.717) is 6.07 Å². The molecule has 0 radical (unpaired) electrons. The van der Waals surface area contributed by atoms with Crippen molar-refractivity contribution in [2.45, 2.75) is 12.4 Å². The van der Waals surface area contributed by atoms with E-state index in [1.165, 1.54) is 6.07 Å². The van der Waals surface area contributed by atoms with Crippen LogP contribution in [0.5, 0.6) is 0 Å². The molecule has 1 aromatic carbocycles. The van der Waals surface area contributed by atoms with Crippen molar-refractivity contribution in [3.63, 3.8) is 0 Å². The third kappa shape index (κ3) is 4.01. The van der Waals surface area contributed by atoms with Gasteiger partial charge >= 0.3 is 18.4 Å². The summed E-state index contributed by atoms with van der Waals surface area (Å²) in [7, 11) is 0. The second-order valence-electron chi connectivity index (χ2n) is 5.43. The van der Waals surface area contributed by atoms with E-state index in [-0.39, 0.29) is 29.0 Å². The highest BCUT2D eigenvalue weighted by Crippen LogP contribution is 2.38. The van der Waals surface area contributed by atoms with Crippen molar-refractivity contribution in [3.8, 4) is 11.1 Å². The molecule has 1 aliphatic rings. The maximum Gasteiger partial charge on any atom is 0.433 e. The number of aromatic nitrogens is 1. The van der Waals surface area contributed by atoms with Crippen LogP contribution in [-0.4, -0.2) is 23.4 Å². The summed E-state index contributed by atoms with van der Waals surface area (Å²) in [6.45, 7) is -0.315. The number of hydrazone groups is 1. The second-order valence-corrected chi connectivity index (χ2v) is 5.43. The number of ether oxygens (including phenoxy) is 1. The number of carbonyl (C=O) groups is 1. The molecule has 0 saturated heterocycles. The number of pyridine rings is 1. The lowest BCUT2D eigenvalue weighted by atomic mass is 9.96. The number of rotatable bonds is 2. The van der Waals surface area contributed by atoms with Crippen molar-refractivity contribution >= 4 is 11.8 Å². The maximum absolute atomic E-state index is 13.5. The number of hydrogen-bond acceptors (Lipinski definition) is 4. The van der Waals surface area contributed by atoms with Gasteiger partial charge < -0.3 is 4.74 Å². The largest absolute Gasteiger partial charge is 0.442 e. The van der Waals surface area contributed by atoms with Gasteiger partial charge in [-0.05, 0) is 17.7 Å². The summed E-state index contributed by atoms with van der Waals surface area (Å²) in [6, 6.07) is 4.70. The van der Waals surface area contributed by atoms with Crippen LogP contribution in [-0.2, 0) is 17.1 Å². The molecule has 1 N–H and O–H groups in total. The fourth-order valence-corrected chi connectivity index (χ4v) is 2.39. The lowest BCUT2D eigenvalue weighted by Crippen LogP contribution is -2.30. The molecular weight excluding hydrogens is 380 g/mol. The Labute approximate surface area is 147 Å². The van der Waals surface area contributed by atoms with E-state index in [9.17, 15) is 31.1 Å². The summed E-state index contributed by atoms with van der Waals surface area (Å²) < 4.78 is 82.8. The van der Waals surface area contributed by atoms with Crippen LogP contribution in [0.2, 0.25) is 0 Å². The molecule has 0 saturated carbocycles. The van der Waals surface area contributed by atoms with Gasteiger partial charge in [-0.1, -0.05) is 18.2 Å². The van der Waals surface area contributed by atoms with E-state index in [1.54, 1.807) is 0 Å². The minimum atomic E-state index is -4.78. The highest BCUT2D eigenvalue weighted by molar-refractivity contribution is 6.04. The van der Waals surface area contributed by atoms with E-state index in [0.717, 1.165) is 24.4 Å². The number of hydrogen-bond donors (Lipinski definition) is 1. The minimum absolute atomic E-state index is 0.0472. The van der Waals surface area contributed by atoms with Crippen molar-refractivity contribution < 1.29 is 35.9 Å². The van der Waals surface area contributed by atoms with Crippen LogP contribution >= 0.6 is 0 Å². The quantitative estimate of drug-likeness (QED) is 0.782. The number of nitrogens with zero attached hydrogens (tertiary/aromatic N) is 2. The molecule has 1 aliphatic heterocycles. The Kier molecular flexibility index (Phi) is 4.54. The first-order chi connectivity index (χ1) is 12.6. The zero-order valence-corrected chi connectivity index (χ0v) is 13.1. The van der Waals surface area contributed by atoms with Gasteiger partial charge in [-0.15, -0.1) is 0 Å². The van der Waals surface area contributed by atoms with Crippen molar-refractivity contribution in [2.24, 2.45) is 5.10 Å². The predicted molar refractivity (Wildman–Crippen MR) is 80.7 cm³/mol. The van der Waals surface area contributed by atoms with Gasteiger partial charge in [0.1, 0.15) is 18.0 Å². The molecule has 0 spiro atoms. The maximum atomic E-state index is 13.5. The van der Waals surface area contributed by atoms with E-state index in [2.05, 4.69) is 14.8 Å². The first-order valence-corrected chi connectivity index (χ1v) is 7.30. The molecule has 2 aromatic rings. The Balaban J connectivity index is 2.04. The van der Waals surface area contributed by atoms with E-state index >= 15 is 0 Å². The number of amides is 1. The average molecular weight is 389 g/mol. The zero-order valence-electron chi connectivity index (χ0n) is 13.1. The van der Waals surface area contributed by atoms with Gasteiger partial charge in [-0.3, -0.25) is 4.98 Å². The van der Waals surface area contributed by atoms with Gasteiger partial charge in [0, 0.05) is 17.3 Å². The zero-order chi connectivity index (χ0) is 19.8. The number of benzene rings is 1. The van der Waals surface area contributed by atoms with Crippen LogP contribution in [0.4, 0.5) is 31.1 Å². The average Bonchev–Trinajstić information content (AvgIpc) is 2.60. The molecule has 3 rings (SSSR count). The molecule has 0 bridgehead atoms. The highest BCUT2D eigenvalue weighted by Gasteiger charge is 2.35. The Morgan fingerprint density at radius 1 is 0.963 bits per heavy atom. The summed E-state index contributed by atoms with van der Waals surface area (Å²) >= 11 is 0.